The standard InChI is InChI=1S/C38H49FN6O4/c1-6-25(2)34(46)42-33(38(3,4)5)37(49)45-22-29(40-35(47)27-11-8-7-9-12-27)21-30(45)23-44(20-18-26-14-16-28(39)17-15-26)36(48)31-24-43-19-10-13-32(43)41-31/h7-9,11-12,14-17,24-25,29-30,33H,6,10,13,18-23H2,1-5H3,(H,40,47)(H,42,46)/t25-,29+,30+,33-/m1/s1. The number of likely N-dealkylation sites (tertiary alicyclic amines) is 1. The van der Waals surface area contributed by atoms with Gasteiger partial charge in [0.15, 0.2) is 0 Å². The molecule has 4 amide bonds. The van der Waals surface area contributed by atoms with Crippen molar-refractivity contribution in [1.82, 2.24) is 30.0 Å². The summed E-state index contributed by atoms with van der Waals surface area (Å²) in [7, 11) is 0. The second-order valence-electron chi connectivity index (χ2n) is 14.5. The van der Waals surface area contributed by atoms with Crippen molar-refractivity contribution in [2.45, 2.75) is 91.4 Å². The molecule has 262 valence electrons. The topological polar surface area (TPSA) is 117 Å². The monoisotopic (exact) mass is 672 g/mol. The van der Waals surface area contributed by atoms with Crippen LogP contribution in [-0.2, 0) is 29.0 Å². The first-order valence-electron chi connectivity index (χ1n) is 17.4. The highest BCUT2D eigenvalue weighted by Gasteiger charge is 2.44. The van der Waals surface area contributed by atoms with Gasteiger partial charge in [-0.05, 0) is 60.9 Å². The van der Waals surface area contributed by atoms with Crippen molar-refractivity contribution in [2.75, 3.05) is 19.6 Å². The van der Waals surface area contributed by atoms with Gasteiger partial charge in [0, 0.05) is 56.3 Å². The van der Waals surface area contributed by atoms with Gasteiger partial charge in [-0.15, -0.1) is 0 Å². The maximum Gasteiger partial charge on any atom is 0.274 e. The van der Waals surface area contributed by atoms with Gasteiger partial charge in [-0.3, -0.25) is 19.2 Å². The number of halogens is 1. The molecule has 2 aromatic carbocycles. The third kappa shape index (κ3) is 8.74. The average Bonchev–Trinajstić information content (AvgIpc) is 3.81. The number of fused-ring (bicyclic) bond motifs is 1. The van der Waals surface area contributed by atoms with Crippen LogP contribution in [-0.4, -0.2) is 80.7 Å². The highest BCUT2D eigenvalue weighted by Crippen LogP contribution is 2.28. The van der Waals surface area contributed by atoms with Gasteiger partial charge in [0.25, 0.3) is 11.8 Å². The van der Waals surface area contributed by atoms with Crippen LogP contribution in [0.5, 0.6) is 0 Å². The van der Waals surface area contributed by atoms with Crippen LogP contribution >= 0.6 is 0 Å². The summed E-state index contributed by atoms with van der Waals surface area (Å²) in [5.41, 5.74) is 1.14. The molecule has 3 heterocycles. The van der Waals surface area contributed by atoms with E-state index in [9.17, 15) is 23.6 Å². The molecule has 11 heteroatoms. The predicted molar refractivity (Wildman–Crippen MR) is 185 cm³/mol. The number of aromatic nitrogens is 2. The molecule has 0 radical (unpaired) electrons. The zero-order chi connectivity index (χ0) is 35.3. The third-order valence-corrected chi connectivity index (χ3v) is 9.71. The highest BCUT2D eigenvalue weighted by atomic mass is 19.1. The molecule has 49 heavy (non-hydrogen) atoms. The van der Waals surface area contributed by atoms with Gasteiger partial charge in [-0.1, -0.05) is 65.0 Å². The Hall–Kier alpha value is -4.54. The second-order valence-corrected chi connectivity index (χ2v) is 14.5. The molecule has 0 spiro atoms. The van der Waals surface area contributed by atoms with Crippen molar-refractivity contribution in [3.05, 3.63) is 89.3 Å². The maximum absolute atomic E-state index is 14.5. The van der Waals surface area contributed by atoms with Crippen LogP contribution in [0, 0.1) is 17.2 Å². The Morgan fingerprint density at radius 3 is 2.43 bits per heavy atom. The first-order chi connectivity index (χ1) is 23.3. The molecule has 2 aliphatic rings. The van der Waals surface area contributed by atoms with Gasteiger partial charge >= 0.3 is 0 Å². The van der Waals surface area contributed by atoms with E-state index in [4.69, 9.17) is 0 Å². The van der Waals surface area contributed by atoms with Crippen molar-refractivity contribution in [1.29, 1.82) is 0 Å². The summed E-state index contributed by atoms with van der Waals surface area (Å²) in [6.07, 6.45) is 5.13. The largest absolute Gasteiger partial charge is 0.347 e. The van der Waals surface area contributed by atoms with Gasteiger partial charge in [0.05, 0.1) is 6.04 Å². The average molecular weight is 673 g/mol. The molecule has 1 saturated heterocycles. The molecule has 0 aliphatic carbocycles. The van der Waals surface area contributed by atoms with Crippen LogP contribution in [0.25, 0.3) is 0 Å². The first-order valence-corrected chi connectivity index (χ1v) is 17.4. The lowest BCUT2D eigenvalue weighted by molar-refractivity contribution is -0.141. The fraction of sp³-hybridized carbons (Fsp3) is 0.500. The number of carbonyl (C=O) groups excluding carboxylic acids is 4. The zero-order valence-electron chi connectivity index (χ0n) is 29.2. The van der Waals surface area contributed by atoms with Crippen molar-refractivity contribution in [3.63, 3.8) is 0 Å². The molecule has 2 aliphatic heterocycles. The number of amides is 4. The fourth-order valence-electron chi connectivity index (χ4n) is 6.57. The first kappa shape index (κ1) is 35.8. The smallest absolute Gasteiger partial charge is 0.274 e. The number of nitrogens with zero attached hydrogens (tertiary/aromatic N) is 4. The van der Waals surface area contributed by atoms with Gasteiger partial charge < -0.3 is 25.0 Å². The second kappa shape index (κ2) is 15.3. The zero-order valence-corrected chi connectivity index (χ0v) is 29.2. The third-order valence-electron chi connectivity index (χ3n) is 9.71. The molecule has 0 bridgehead atoms. The number of nitrogens with one attached hydrogen (secondary N) is 2. The van der Waals surface area contributed by atoms with Gasteiger partial charge in [-0.25, -0.2) is 9.37 Å². The minimum atomic E-state index is -0.820. The molecular formula is C38H49FN6O4. The molecular weight excluding hydrogens is 623 g/mol. The van der Waals surface area contributed by atoms with E-state index >= 15 is 0 Å². The Kier molecular flexibility index (Phi) is 11.2. The van der Waals surface area contributed by atoms with E-state index < -0.39 is 17.5 Å². The number of hydrogen-bond acceptors (Lipinski definition) is 5. The lowest BCUT2D eigenvalue weighted by atomic mass is 9.85. The van der Waals surface area contributed by atoms with Gasteiger partial charge in [-0.2, -0.15) is 0 Å². The van der Waals surface area contributed by atoms with E-state index in [1.165, 1.54) is 12.1 Å². The molecule has 0 unspecified atom stereocenters. The fourth-order valence-corrected chi connectivity index (χ4v) is 6.57. The van der Waals surface area contributed by atoms with Crippen LogP contribution in [0.4, 0.5) is 4.39 Å². The van der Waals surface area contributed by atoms with Crippen LogP contribution < -0.4 is 10.6 Å². The summed E-state index contributed by atoms with van der Waals surface area (Å²) in [6, 6.07) is 13.5. The quantitative estimate of drug-likeness (QED) is 0.291. The summed E-state index contributed by atoms with van der Waals surface area (Å²) in [5.74, 6) is -0.642. The predicted octanol–water partition coefficient (Wildman–Crippen LogP) is 4.63. The number of carbonyl (C=O) groups is 4. The van der Waals surface area contributed by atoms with Crippen molar-refractivity contribution >= 4 is 23.6 Å². The van der Waals surface area contributed by atoms with E-state index in [0.717, 1.165) is 30.8 Å². The Balaban J connectivity index is 1.44. The molecule has 3 aromatic rings. The molecule has 10 nitrogen and oxygen atoms in total. The lowest BCUT2D eigenvalue weighted by Crippen LogP contribution is -2.58. The molecule has 2 N–H and O–H groups in total. The number of hydrogen-bond donors (Lipinski definition) is 2. The van der Waals surface area contributed by atoms with Crippen LogP contribution in [0.3, 0.4) is 0 Å². The van der Waals surface area contributed by atoms with Crippen LogP contribution in [0.15, 0.2) is 60.8 Å². The minimum Gasteiger partial charge on any atom is -0.347 e. The van der Waals surface area contributed by atoms with E-state index in [2.05, 4.69) is 15.6 Å². The van der Waals surface area contributed by atoms with Crippen molar-refractivity contribution in [3.8, 4) is 0 Å². The number of benzene rings is 2. The van der Waals surface area contributed by atoms with E-state index in [-0.39, 0.29) is 54.5 Å². The SMILES string of the molecule is CC[C@@H](C)C(=O)N[C@H](C(=O)N1C[C@@H](NC(=O)c2ccccc2)C[C@H]1CN(CCc1ccc(F)cc1)C(=O)c1cn2c(n1)CCC2)C(C)(C)C. The van der Waals surface area contributed by atoms with Gasteiger partial charge in [0.2, 0.25) is 11.8 Å². The van der Waals surface area contributed by atoms with Crippen LogP contribution in [0.2, 0.25) is 0 Å². The van der Waals surface area contributed by atoms with Gasteiger partial charge in [0.1, 0.15) is 23.4 Å². The van der Waals surface area contributed by atoms with E-state index in [1.54, 1.807) is 52.4 Å². The Labute approximate surface area is 288 Å². The maximum atomic E-state index is 14.5. The number of rotatable bonds is 12. The summed E-state index contributed by atoms with van der Waals surface area (Å²) < 4.78 is 15.7. The van der Waals surface area contributed by atoms with E-state index in [0.29, 0.717) is 37.1 Å². The highest BCUT2D eigenvalue weighted by molar-refractivity contribution is 5.95. The minimum absolute atomic E-state index is 0.190. The van der Waals surface area contributed by atoms with E-state index in [1.807, 2.05) is 45.3 Å². The Morgan fingerprint density at radius 2 is 1.78 bits per heavy atom. The molecule has 4 atom stereocenters. The normalized spacial score (nSPS) is 18.4. The van der Waals surface area contributed by atoms with Crippen LogP contribution in [0.1, 0.15) is 86.1 Å². The number of aryl methyl sites for hydroxylation is 2. The Morgan fingerprint density at radius 1 is 1.06 bits per heavy atom. The summed E-state index contributed by atoms with van der Waals surface area (Å²) in [6.45, 7) is 11.1. The molecule has 0 saturated carbocycles. The summed E-state index contributed by atoms with van der Waals surface area (Å²) in [5, 5.41) is 6.12. The lowest BCUT2D eigenvalue weighted by Gasteiger charge is -2.37. The Bertz CT molecular complexity index is 1610. The molecule has 5 rings (SSSR count). The summed E-state index contributed by atoms with van der Waals surface area (Å²) in [4.78, 5) is 63.1. The van der Waals surface area contributed by atoms with Crippen molar-refractivity contribution in [2.24, 2.45) is 11.3 Å². The number of imidazole rings is 1. The summed E-state index contributed by atoms with van der Waals surface area (Å²) >= 11 is 0. The molecule has 1 fully saturated rings. The molecule has 1 aromatic heterocycles. The van der Waals surface area contributed by atoms with Crippen molar-refractivity contribution < 1.29 is 23.6 Å².